The lowest BCUT2D eigenvalue weighted by molar-refractivity contribution is 0.179. The van der Waals surface area contributed by atoms with Crippen LogP contribution in [0.25, 0.3) is 0 Å². The van der Waals surface area contributed by atoms with E-state index in [2.05, 4.69) is 14.9 Å². The van der Waals surface area contributed by atoms with Gasteiger partial charge in [0.2, 0.25) is 0 Å². The average Bonchev–Trinajstić information content (AvgIpc) is 2.98. The zero-order valence-electron chi connectivity index (χ0n) is 11.0. The summed E-state index contributed by atoms with van der Waals surface area (Å²) in [4.78, 5) is 21.4. The van der Waals surface area contributed by atoms with Crippen molar-refractivity contribution in [3.8, 4) is 0 Å². The van der Waals surface area contributed by atoms with Gasteiger partial charge in [-0.3, -0.25) is 9.69 Å². The van der Waals surface area contributed by atoms with Crippen LogP contribution >= 0.6 is 0 Å². The van der Waals surface area contributed by atoms with Crippen molar-refractivity contribution in [2.75, 3.05) is 6.54 Å². The number of hydrogen-bond donors (Lipinski definition) is 1. The average molecular weight is 247 g/mol. The highest BCUT2D eigenvalue weighted by molar-refractivity contribution is 5.10. The third-order valence-corrected chi connectivity index (χ3v) is 4.31. The lowest BCUT2D eigenvalue weighted by Gasteiger charge is -2.30. The van der Waals surface area contributed by atoms with Crippen molar-refractivity contribution >= 4 is 0 Å². The Labute approximate surface area is 107 Å². The SMILES string of the molecule is Cc1nc(C2CCCN2C2CCCC2)cc(=O)[nH]1. The number of hydrogen-bond acceptors (Lipinski definition) is 3. The van der Waals surface area contributed by atoms with Crippen LogP contribution in [0, 0.1) is 6.92 Å². The number of nitrogens with one attached hydrogen (secondary N) is 1. The molecule has 2 fully saturated rings. The van der Waals surface area contributed by atoms with Gasteiger partial charge in [-0.2, -0.15) is 0 Å². The molecule has 1 aromatic heterocycles. The molecule has 0 amide bonds. The molecule has 0 spiro atoms. The summed E-state index contributed by atoms with van der Waals surface area (Å²) < 4.78 is 0. The summed E-state index contributed by atoms with van der Waals surface area (Å²) in [6.07, 6.45) is 7.73. The van der Waals surface area contributed by atoms with E-state index < -0.39 is 0 Å². The topological polar surface area (TPSA) is 49.0 Å². The van der Waals surface area contributed by atoms with E-state index in [1.807, 2.05) is 6.92 Å². The third-order valence-electron chi connectivity index (χ3n) is 4.31. The van der Waals surface area contributed by atoms with Gasteiger partial charge >= 0.3 is 0 Å². The molecule has 1 N–H and O–H groups in total. The highest BCUT2D eigenvalue weighted by Gasteiger charge is 2.34. The minimum Gasteiger partial charge on any atom is -0.311 e. The van der Waals surface area contributed by atoms with Gasteiger partial charge in [-0.05, 0) is 39.2 Å². The molecule has 1 aliphatic carbocycles. The van der Waals surface area contributed by atoms with Crippen LogP contribution in [0.15, 0.2) is 10.9 Å². The van der Waals surface area contributed by atoms with E-state index in [1.54, 1.807) is 6.07 Å². The molecule has 2 aliphatic rings. The van der Waals surface area contributed by atoms with E-state index in [-0.39, 0.29) is 5.56 Å². The number of aryl methyl sites for hydroxylation is 1. The number of aromatic amines is 1. The standard InChI is InChI=1S/C14H21N3O/c1-10-15-12(9-14(18)16-10)13-7-4-8-17(13)11-5-2-3-6-11/h9,11,13H,2-8H2,1H3,(H,15,16,18). The largest absolute Gasteiger partial charge is 0.311 e. The Balaban J connectivity index is 1.87. The van der Waals surface area contributed by atoms with Gasteiger partial charge in [0.25, 0.3) is 5.56 Å². The number of nitrogens with zero attached hydrogens (tertiary/aromatic N) is 2. The van der Waals surface area contributed by atoms with Crippen LogP contribution in [0.3, 0.4) is 0 Å². The summed E-state index contributed by atoms with van der Waals surface area (Å²) in [5.74, 6) is 0.732. The molecule has 1 saturated heterocycles. The van der Waals surface area contributed by atoms with E-state index in [0.717, 1.165) is 24.0 Å². The maximum atomic E-state index is 11.6. The van der Waals surface area contributed by atoms with Crippen LogP contribution in [-0.4, -0.2) is 27.5 Å². The molecule has 2 heterocycles. The first-order valence-electron chi connectivity index (χ1n) is 7.07. The minimum absolute atomic E-state index is 0.0178. The molecular weight excluding hydrogens is 226 g/mol. The van der Waals surface area contributed by atoms with E-state index in [0.29, 0.717) is 6.04 Å². The van der Waals surface area contributed by atoms with Crippen molar-refractivity contribution < 1.29 is 0 Å². The van der Waals surface area contributed by atoms with Gasteiger partial charge in [0.1, 0.15) is 5.82 Å². The van der Waals surface area contributed by atoms with Crippen molar-refractivity contribution in [3.05, 3.63) is 27.9 Å². The van der Waals surface area contributed by atoms with E-state index in [4.69, 9.17) is 0 Å². The molecule has 4 heteroatoms. The normalized spacial score (nSPS) is 25.9. The highest BCUT2D eigenvalue weighted by Crippen LogP contribution is 2.37. The van der Waals surface area contributed by atoms with Gasteiger partial charge in [-0.1, -0.05) is 12.8 Å². The van der Waals surface area contributed by atoms with Crippen LogP contribution in [0.5, 0.6) is 0 Å². The Kier molecular flexibility index (Phi) is 3.20. The molecule has 98 valence electrons. The quantitative estimate of drug-likeness (QED) is 0.871. The highest BCUT2D eigenvalue weighted by atomic mass is 16.1. The predicted molar refractivity (Wildman–Crippen MR) is 70.5 cm³/mol. The van der Waals surface area contributed by atoms with Crippen LogP contribution in [-0.2, 0) is 0 Å². The minimum atomic E-state index is -0.0178. The van der Waals surface area contributed by atoms with Crippen LogP contribution in [0.1, 0.15) is 56.1 Å². The fourth-order valence-corrected chi connectivity index (χ4v) is 3.55. The molecule has 1 saturated carbocycles. The van der Waals surface area contributed by atoms with Crippen molar-refractivity contribution in [2.45, 2.75) is 57.5 Å². The summed E-state index contributed by atoms with van der Waals surface area (Å²) in [6, 6.07) is 2.78. The molecule has 1 atom stereocenters. The van der Waals surface area contributed by atoms with Crippen LogP contribution in [0.4, 0.5) is 0 Å². The Morgan fingerprint density at radius 3 is 2.78 bits per heavy atom. The molecule has 0 bridgehead atoms. The predicted octanol–water partition coefficient (Wildman–Crippen LogP) is 2.16. The molecule has 1 aromatic rings. The lowest BCUT2D eigenvalue weighted by atomic mass is 10.1. The van der Waals surface area contributed by atoms with Crippen molar-refractivity contribution in [2.24, 2.45) is 0 Å². The summed E-state index contributed by atoms with van der Waals surface area (Å²) in [5.41, 5.74) is 0.955. The molecule has 0 aromatic carbocycles. The van der Waals surface area contributed by atoms with Crippen molar-refractivity contribution in [3.63, 3.8) is 0 Å². The fourth-order valence-electron chi connectivity index (χ4n) is 3.55. The van der Waals surface area contributed by atoms with Gasteiger partial charge in [-0.15, -0.1) is 0 Å². The molecule has 4 nitrogen and oxygen atoms in total. The summed E-state index contributed by atoms with van der Waals surface area (Å²) >= 11 is 0. The maximum absolute atomic E-state index is 11.6. The van der Waals surface area contributed by atoms with Gasteiger partial charge < -0.3 is 4.98 Å². The maximum Gasteiger partial charge on any atom is 0.251 e. The van der Waals surface area contributed by atoms with Gasteiger partial charge in [0.05, 0.1) is 11.7 Å². The van der Waals surface area contributed by atoms with E-state index in [1.165, 1.54) is 38.6 Å². The zero-order valence-corrected chi connectivity index (χ0v) is 11.0. The van der Waals surface area contributed by atoms with Gasteiger partial charge in [-0.25, -0.2) is 4.98 Å². The number of H-pyrrole nitrogens is 1. The third kappa shape index (κ3) is 2.21. The molecule has 1 unspecified atom stereocenters. The zero-order chi connectivity index (χ0) is 12.5. The molecule has 1 aliphatic heterocycles. The van der Waals surface area contributed by atoms with Crippen LogP contribution < -0.4 is 5.56 Å². The Morgan fingerprint density at radius 1 is 1.28 bits per heavy atom. The Hall–Kier alpha value is -1.16. The first-order chi connectivity index (χ1) is 8.74. The fraction of sp³-hybridized carbons (Fsp3) is 0.714. The summed E-state index contributed by atoms with van der Waals surface area (Å²) in [5, 5.41) is 0. The Bertz CT molecular complexity index is 476. The number of rotatable bonds is 2. The lowest BCUT2D eigenvalue weighted by Crippen LogP contribution is -2.33. The molecular formula is C14H21N3O. The van der Waals surface area contributed by atoms with Crippen molar-refractivity contribution in [1.82, 2.24) is 14.9 Å². The second kappa shape index (κ2) is 4.84. The monoisotopic (exact) mass is 247 g/mol. The first kappa shape index (κ1) is 11.9. The van der Waals surface area contributed by atoms with Crippen LogP contribution in [0.2, 0.25) is 0 Å². The van der Waals surface area contributed by atoms with Gasteiger partial charge in [0, 0.05) is 12.1 Å². The van der Waals surface area contributed by atoms with Crippen molar-refractivity contribution in [1.29, 1.82) is 0 Å². The second-order valence-corrected chi connectivity index (χ2v) is 5.59. The summed E-state index contributed by atoms with van der Waals surface area (Å²) in [6.45, 7) is 3.03. The second-order valence-electron chi connectivity index (χ2n) is 5.59. The van der Waals surface area contributed by atoms with E-state index >= 15 is 0 Å². The Morgan fingerprint density at radius 2 is 2.06 bits per heavy atom. The summed E-state index contributed by atoms with van der Waals surface area (Å²) in [7, 11) is 0. The smallest absolute Gasteiger partial charge is 0.251 e. The number of aromatic nitrogens is 2. The number of likely N-dealkylation sites (tertiary alicyclic amines) is 1. The molecule has 0 radical (unpaired) electrons. The van der Waals surface area contributed by atoms with E-state index in [9.17, 15) is 4.79 Å². The first-order valence-corrected chi connectivity index (χ1v) is 7.07. The molecule has 18 heavy (non-hydrogen) atoms. The van der Waals surface area contributed by atoms with Gasteiger partial charge in [0.15, 0.2) is 0 Å². The molecule has 3 rings (SSSR count).